The molecule has 0 N–H and O–H groups in total. The number of fused-ring (bicyclic) bond motifs is 3. The summed E-state index contributed by atoms with van der Waals surface area (Å²) in [5.41, 5.74) is 8.31. The summed E-state index contributed by atoms with van der Waals surface area (Å²) >= 11 is 0. The van der Waals surface area contributed by atoms with Gasteiger partial charge in [0.2, 0.25) is 0 Å². The second-order valence-electron chi connectivity index (χ2n) is 8.67. The highest BCUT2D eigenvalue weighted by molar-refractivity contribution is 5.76. The Hall–Kier alpha value is -3.24. The Labute approximate surface area is 201 Å². The van der Waals surface area contributed by atoms with Crippen molar-refractivity contribution in [1.29, 1.82) is 0 Å². The van der Waals surface area contributed by atoms with Gasteiger partial charge in [0.25, 0.3) is 0 Å². The summed E-state index contributed by atoms with van der Waals surface area (Å²) in [5.74, 6) is 0. The van der Waals surface area contributed by atoms with Gasteiger partial charge in [0.15, 0.2) is 0 Å². The number of epoxide rings is 2. The summed E-state index contributed by atoms with van der Waals surface area (Å²) in [6.45, 7) is 3.26. The fourth-order valence-electron chi connectivity index (χ4n) is 4.00. The van der Waals surface area contributed by atoms with Gasteiger partial charge >= 0.3 is 0 Å². The van der Waals surface area contributed by atoms with Gasteiger partial charge in [-0.25, -0.2) is 0 Å². The number of hydrogen-bond acceptors (Lipinski definition) is 3. The summed E-state index contributed by atoms with van der Waals surface area (Å²) in [7, 11) is 0. The number of hydrogen-bond donors (Lipinski definition) is 0. The van der Waals surface area contributed by atoms with Crippen molar-refractivity contribution < 1.29 is 14.2 Å². The van der Waals surface area contributed by atoms with E-state index in [1.165, 1.54) is 33.4 Å². The average Bonchev–Trinajstić information content (AvgIpc) is 3.85. The van der Waals surface area contributed by atoms with Crippen molar-refractivity contribution in [2.24, 2.45) is 0 Å². The molecule has 4 aromatic rings. The maximum absolute atomic E-state index is 5.23. The first-order valence-corrected chi connectivity index (χ1v) is 11.9. The second kappa shape index (κ2) is 11.3. The first-order chi connectivity index (χ1) is 16.9. The molecule has 2 heterocycles. The number of rotatable bonds is 5. The topological polar surface area (TPSA) is 34.3 Å². The van der Waals surface area contributed by atoms with Crippen LogP contribution in [0.5, 0.6) is 0 Å². The summed E-state index contributed by atoms with van der Waals surface area (Å²) in [5, 5.41) is 0. The zero-order valence-corrected chi connectivity index (χ0v) is 19.3. The molecule has 1 aliphatic carbocycles. The standard InChI is InChI=1S/C13H10.C12H10.C6H10O3/c1-3-7-12-10(5-1)9-11-6-2-4-8-13(11)12;1-3-7-11(8-4-1)12-9-5-2-6-10-12;1(5-3-8-5)7-2-6-4-9-6/h1-8H,9H2;1-10H;5-6H,1-4H2. The summed E-state index contributed by atoms with van der Waals surface area (Å²) in [6.07, 6.45) is 1.89. The van der Waals surface area contributed by atoms with Gasteiger partial charge in [-0.05, 0) is 39.8 Å². The van der Waals surface area contributed by atoms with Gasteiger partial charge in [0.1, 0.15) is 12.2 Å². The van der Waals surface area contributed by atoms with Crippen LogP contribution in [0.4, 0.5) is 0 Å². The van der Waals surface area contributed by atoms with E-state index in [0.717, 1.165) is 32.8 Å². The fourth-order valence-corrected chi connectivity index (χ4v) is 4.00. The van der Waals surface area contributed by atoms with Gasteiger partial charge < -0.3 is 14.2 Å². The lowest BCUT2D eigenvalue weighted by molar-refractivity contribution is 0.102. The van der Waals surface area contributed by atoms with E-state index >= 15 is 0 Å². The van der Waals surface area contributed by atoms with Crippen LogP contribution in [0.1, 0.15) is 11.1 Å². The van der Waals surface area contributed by atoms with Crippen LogP contribution in [-0.4, -0.2) is 38.6 Å². The molecule has 4 aromatic carbocycles. The van der Waals surface area contributed by atoms with Crippen LogP contribution >= 0.6 is 0 Å². The lowest BCUT2D eigenvalue weighted by Gasteiger charge is -1.98. The molecule has 2 unspecified atom stereocenters. The molecule has 0 aromatic heterocycles. The minimum absolute atomic E-state index is 0.392. The molecular weight excluding hydrogens is 420 g/mol. The Morgan fingerprint density at radius 3 is 1.32 bits per heavy atom. The lowest BCUT2D eigenvalue weighted by atomic mass is 10.1. The quantitative estimate of drug-likeness (QED) is 0.290. The normalized spacial score (nSPS) is 18.4. The molecule has 3 aliphatic rings. The highest BCUT2D eigenvalue weighted by atomic mass is 16.6. The SMILES string of the molecule is C(OCC1CO1)C1CO1.c1ccc(-c2ccccc2)cc1.c1ccc2c(c1)Cc1ccccc1-2. The third kappa shape index (κ3) is 6.42. The van der Waals surface area contributed by atoms with E-state index in [0.29, 0.717) is 12.2 Å². The summed E-state index contributed by atoms with van der Waals surface area (Å²) < 4.78 is 15.1. The van der Waals surface area contributed by atoms with Crippen molar-refractivity contribution in [3.63, 3.8) is 0 Å². The van der Waals surface area contributed by atoms with Crippen LogP contribution in [0.25, 0.3) is 22.3 Å². The third-order valence-electron chi connectivity index (χ3n) is 6.00. The minimum atomic E-state index is 0.392. The predicted octanol–water partition coefficient (Wildman–Crippen LogP) is 6.41. The van der Waals surface area contributed by atoms with Crippen LogP contribution < -0.4 is 0 Å². The van der Waals surface area contributed by atoms with Gasteiger partial charge in [0, 0.05) is 0 Å². The maximum Gasteiger partial charge on any atom is 0.104 e. The fraction of sp³-hybridized carbons (Fsp3) is 0.226. The van der Waals surface area contributed by atoms with Crippen molar-refractivity contribution in [3.05, 3.63) is 120 Å². The zero-order chi connectivity index (χ0) is 23.0. The molecule has 2 aliphatic heterocycles. The largest absolute Gasteiger partial charge is 0.376 e. The van der Waals surface area contributed by atoms with Gasteiger partial charge in [-0.15, -0.1) is 0 Å². The molecule has 172 valence electrons. The second-order valence-corrected chi connectivity index (χ2v) is 8.67. The van der Waals surface area contributed by atoms with Crippen molar-refractivity contribution in [3.8, 4) is 22.3 Å². The first-order valence-electron chi connectivity index (χ1n) is 11.9. The van der Waals surface area contributed by atoms with Gasteiger partial charge in [-0.2, -0.15) is 0 Å². The molecule has 2 fully saturated rings. The average molecular weight is 451 g/mol. The van der Waals surface area contributed by atoms with Crippen molar-refractivity contribution in [1.82, 2.24) is 0 Å². The molecular formula is C31H30O3. The Bertz CT molecular complexity index is 1070. The van der Waals surface area contributed by atoms with Crippen LogP contribution in [0.3, 0.4) is 0 Å². The molecule has 34 heavy (non-hydrogen) atoms. The maximum atomic E-state index is 5.23. The van der Waals surface area contributed by atoms with Crippen LogP contribution in [0.2, 0.25) is 0 Å². The molecule has 2 saturated heterocycles. The molecule has 0 saturated carbocycles. The third-order valence-corrected chi connectivity index (χ3v) is 6.00. The molecule has 0 bridgehead atoms. The van der Waals surface area contributed by atoms with E-state index in [4.69, 9.17) is 14.2 Å². The van der Waals surface area contributed by atoms with E-state index in [9.17, 15) is 0 Å². The molecule has 0 spiro atoms. The van der Waals surface area contributed by atoms with E-state index in [1.54, 1.807) is 0 Å². The molecule has 7 rings (SSSR count). The summed E-state index contributed by atoms with van der Waals surface area (Å²) in [4.78, 5) is 0. The number of benzene rings is 4. The highest BCUT2D eigenvalue weighted by Crippen LogP contribution is 2.35. The monoisotopic (exact) mass is 450 g/mol. The zero-order valence-electron chi connectivity index (χ0n) is 19.3. The smallest absolute Gasteiger partial charge is 0.104 e. The van der Waals surface area contributed by atoms with Crippen LogP contribution in [-0.2, 0) is 20.6 Å². The summed E-state index contributed by atoms with van der Waals surface area (Å²) in [6, 6.07) is 38.1. The molecule has 3 heteroatoms. The minimum Gasteiger partial charge on any atom is -0.376 e. The van der Waals surface area contributed by atoms with Crippen molar-refractivity contribution >= 4 is 0 Å². The van der Waals surface area contributed by atoms with Crippen molar-refractivity contribution in [2.75, 3.05) is 26.4 Å². The molecule has 2 atom stereocenters. The van der Waals surface area contributed by atoms with Crippen LogP contribution in [0.15, 0.2) is 109 Å². The Balaban J connectivity index is 0.000000108. The van der Waals surface area contributed by atoms with Crippen LogP contribution in [0, 0.1) is 0 Å². The molecule has 0 amide bonds. The lowest BCUT2D eigenvalue weighted by Crippen LogP contribution is -2.06. The Kier molecular flexibility index (Phi) is 7.47. The predicted molar refractivity (Wildman–Crippen MR) is 137 cm³/mol. The highest BCUT2D eigenvalue weighted by Gasteiger charge is 2.26. The van der Waals surface area contributed by atoms with E-state index < -0.39 is 0 Å². The van der Waals surface area contributed by atoms with E-state index in [1.807, 2.05) is 12.1 Å². The van der Waals surface area contributed by atoms with Gasteiger partial charge in [-0.1, -0.05) is 109 Å². The first kappa shape index (κ1) is 22.5. The van der Waals surface area contributed by atoms with Gasteiger partial charge in [-0.3, -0.25) is 0 Å². The molecule has 3 nitrogen and oxygen atoms in total. The Morgan fingerprint density at radius 1 is 0.529 bits per heavy atom. The molecule has 0 radical (unpaired) electrons. The van der Waals surface area contributed by atoms with Gasteiger partial charge in [0.05, 0.1) is 26.4 Å². The number of ether oxygens (including phenoxy) is 3. The van der Waals surface area contributed by atoms with Crippen molar-refractivity contribution in [2.45, 2.75) is 18.6 Å². The Morgan fingerprint density at radius 2 is 0.912 bits per heavy atom. The van der Waals surface area contributed by atoms with E-state index in [-0.39, 0.29) is 0 Å². The van der Waals surface area contributed by atoms with E-state index in [2.05, 4.69) is 97.1 Å².